The standard InChI is InChI=1S/C13H21FN2.CH4O/c1-10-11(5-4-6-12(10)15)7-8-16-9-13(2,3)14;1-2/h4-6,16H,7-9,15H2,1-3H3;2H,1H3. The summed E-state index contributed by atoms with van der Waals surface area (Å²) in [4.78, 5) is 0. The van der Waals surface area contributed by atoms with Crippen molar-refractivity contribution in [2.24, 2.45) is 0 Å². The molecule has 0 heterocycles. The lowest BCUT2D eigenvalue weighted by atomic mass is 10.0. The number of rotatable bonds is 5. The Bertz CT molecular complexity index is 348. The molecule has 0 amide bonds. The summed E-state index contributed by atoms with van der Waals surface area (Å²) in [5, 5.41) is 10.1. The highest BCUT2D eigenvalue weighted by Gasteiger charge is 2.13. The van der Waals surface area contributed by atoms with E-state index in [1.165, 1.54) is 5.56 Å². The molecule has 0 bridgehead atoms. The van der Waals surface area contributed by atoms with Crippen molar-refractivity contribution in [3.63, 3.8) is 0 Å². The van der Waals surface area contributed by atoms with Gasteiger partial charge in [0.25, 0.3) is 0 Å². The number of nitrogen functional groups attached to an aromatic ring is 1. The Labute approximate surface area is 109 Å². The van der Waals surface area contributed by atoms with Crippen molar-refractivity contribution in [1.29, 1.82) is 0 Å². The number of anilines is 1. The Hall–Kier alpha value is -1.13. The molecule has 0 aromatic heterocycles. The molecule has 0 aliphatic carbocycles. The maximum atomic E-state index is 13.2. The van der Waals surface area contributed by atoms with Crippen LogP contribution >= 0.6 is 0 Å². The first-order chi connectivity index (χ1) is 8.40. The molecule has 1 aromatic carbocycles. The van der Waals surface area contributed by atoms with Gasteiger partial charge >= 0.3 is 0 Å². The van der Waals surface area contributed by atoms with E-state index in [2.05, 4.69) is 11.4 Å². The second-order valence-electron chi connectivity index (χ2n) is 4.78. The molecule has 4 heteroatoms. The van der Waals surface area contributed by atoms with Crippen LogP contribution in [0.3, 0.4) is 0 Å². The Morgan fingerprint density at radius 3 is 2.50 bits per heavy atom. The number of alkyl halides is 1. The van der Waals surface area contributed by atoms with E-state index < -0.39 is 5.67 Å². The Kier molecular flexibility index (Phi) is 7.55. The van der Waals surface area contributed by atoms with Gasteiger partial charge in [0.05, 0.1) is 0 Å². The van der Waals surface area contributed by atoms with Gasteiger partial charge in [-0.3, -0.25) is 0 Å². The summed E-state index contributed by atoms with van der Waals surface area (Å²) in [6, 6.07) is 5.92. The predicted octanol–water partition coefficient (Wildman–Crippen LogP) is 2.07. The van der Waals surface area contributed by atoms with E-state index in [0.29, 0.717) is 6.54 Å². The van der Waals surface area contributed by atoms with Crippen LogP contribution in [-0.2, 0) is 6.42 Å². The van der Waals surface area contributed by atoms with E-state index in [1.807, 2.05) is 19.1 Å². The lowest BCUT2D eigenvalue weighted by Crippen LogP contribution is -2.32. The van der Waals surface area contributed by atoms with Crippen LogP contribution in [0.4, 0.5) is 10.1 Å². The Balaban J connectivity index is 0.00000137. The molecule has 1 aromatic rings. The molecule has 0 fully saturated rings. The van der Waals surface area contributed by atoms with E-state index >= 15 is 0 Å². The first-order valence-electron chi connectivity index (χ1n) is 6.08. The van der Waals surface area contributed by atoms with Gasteiger partial charge in [0.2, 0.25) is 0 Å². The first kappa shape index (κ1) is 16.9. The molecule has 104 valence electrons. The quantitative estimate of drug-likeness (QED) is 0.558. The minimum absolute atomic E-state index is 0.383. The average Bonchev–Trinajstić information content (AvgIpc) is 2.31. The molecule has 0 aliphatic rings. The van der Waals surface area contributed by atoms with E-state index in [1.54, 1.807) is 13.8 Å². The SMILES string of the molecule is CO.Cc1c(N)cccc1CCNCC(C)(C)F. The molecule has 0 spiro atoms. The number of hydrogen-bond acceptors (Lipinski definition) is 3. The highest BCUT2D eigenvalue weighted by molar-refractivity contribution is 5.49. The van der Waals surface area contributed by atoms with Crippen LogP contribution in [0, 0.1) is 6.92 Å². The van der Waals surface area contributed by atoms with Crippen molar-refractivity contribution in [1.82, 2.24) is 5.32 Å². The normalized spacial score (nSPS) is 10.8. The summed E-state index contributed by atoms with van der Waals surface area (Å²) in [5.74, 6) is 0. The molecule has 0 saturated carbocycles. The van der Waals surface area contributed by atoms with Gasteiger partial charge in [0.15, 0.2) is 0 Å². The molecular formula is C14H25FN2O. The maximum absolute atomic E-state index is 13.2. The second-order valence-corrected chi connectivity index (χ2v) is 4.78. The predicted molar refractivity (Wildman–Crippen MR) is 75.5 cm³/mol. The number of aliphatic hydroxyl groups excluding tert-OH is 1. The van der Waals surface area contributed by atoms with Crippen molar-refractivity contribution >= 4 is 5.69 Å². The largest absolute Gasteiger partial charge is 0.400 e. The number of aliphatic hydroxyl groups is 1. The van der Waals surface area contributed by atoms with Crippen molar-refractivity contribution in [3.8, 4) is 0 Å². The number of halogens is 1. The fourth-order valence-electron chi connectivity index (χ4n) is 1.58. The molecule has 0 unspecified atom stereocenters. The highest BCUT2D eigenvalue weighted by atomic mass is 19.1. The van der Waals surface area contributed by atoms with Gasteiger partial charge < -0.3 is 16.2 Å². The number of nitrogens with one attached hydrogen (secondary N) is 1. The lowest BCUT2D eigenvalue weighted by molar-refractivity contribution is 0.211. The van der Waals surface area contributed by atoms with E-state index in [-0.39, 0.29) is 0 Å². The van der Waals surface area contributed by atoms with Gasteiger partial charge in [0.1, 0.15) is 5.67 Å². The van der Waals surface area contributed by atoms with Crippen molar-refractivity contribution < 1.29 is 9.50 Å². The molecule has 0 radical (unpaired) electrons. The molecule has 0 aliphatic heterocycles. The molecule has 0 atom stereocenters. The van der Waals surface area contributed by atoms with Crippen LogP contribution in [-0.4, -0.2) is 31.0 Å². The van der Waals surface area contributed by atoms with E-state index in [9.17, 15) is 4.39 Å². The van der Waals surface area contributed by atoms with E-state index in [0.717, 1.165) is 31.3 Å². The Morgan fingerprint density at radius 1 is 1.33 bits per heavy atom. The zero-order chi connectivity index (χ0) is 14.2. The summed E-state index contributed by atoms with van der Waals surface area (Å²) in [6.45, 7) is 6.33. The lowest BCUT2D eigenvalue weighted by Gasteiger charge is -2.15. The monoisotopic (exact) mass is 256 g/mol. The van der Waals surface area contributed by atoms with Crippen LogP contribution < -0.4 is 11.1 Å². The zero-order valence-electron chi connectivity index (χ0n) is 11.8. The van der Waals surface area contributed by atoms with E-state index in [4.69, 9.17) is 10.8 Å². The topological polar surface area (TPSA) is 58.3 Å². The minimum Gasteiger partial charge on any atom is -0.400 e. The molecule has 1 rings (SSSR count). The van der Waals surface area contributed by atoms with Gasteiger partial charge in [-0.05, 0) is 50.9 Å². The number of hydrogen-bond donors (Lipinski definition) is 3. The number of nitrogens with two attached hydrogens (primary N) is 1. The second kappa shape index (κ2) is 8.06. The van der Waals surface area contributed by atoms with Gasteiger partial charge in [-0.15, -0.1) is 0 Å². The summed E-state index contributed by atoms with van der Waals surface area (Å²) < 4.78 is 13.2. The minimum atomic E-state index is -1.15. The van der Waals surface area contributed by atoms with Crippen molar-refractivity contribution in [3.05, 3.63) is 29.3 Å². The molecule has 3 nitrogen and oxygen atoms in total. The van der Waals surface area contributed by atoms with Gasteiger partial charge in [-0.1, -0.05) is 12.1 Å². The number of benzene rings is 1. The average molecular weight is 256 g/mol. The molecule has 4 N–H and O–H groups in total. The third kappa shape index (κ3) is 6.57. The summed E-state index contributed by atoms with van der Waals surface area (Å²) in [6.07, 6.45) is 0.882. The van der Waals surface area contributed by atoms with Gasteiger partial charge in [-0.25, -0.2) is 4.39 Å². The summed E-state index contributed by atoms with van der Waals surface area (Å²) >= 11 is 0. The Morgan fingerprint density at radius 2 is 1.94 bits per heavy atom. The molecular weight excluding hydrogens is 231 g/mol. The van der Waals surface area contributed by atoms with Crippen LogP contribution in [0.15, 0.2) is 18.2 Å². The van der Waals surface area contributed by atoms with Crippen molar-refractivity contribution in [2.75, 3.05) is 25.9 Å². The van der Waals surface area contributed by atoms with Crippen LogP contribution in [0.25, 0.3) is 0 Å². The van der Waals surface area contributed by atoms with Gasteiger partial charge in [0, 0.05) is 19.3 Å². The fraction of sp³-hybridized carbons (Fsp3) is 0.571. The maximum Gasteiger partial charge on any atom is 0.117 e. The van der Waals surface area contributed by atoms with Gasteiger partial charge in [-0.2, -0.15) is 0 Å². The smallest absolute Gasteiger partial charge is 0.117 e. The third-order valence-corrected chi connectivity index (χ3v) is 2.60. The van der Waals surface area contributed by atoms with Crippen LogP contribution in [0.2, 0.25) is 0 Å². The molecule has 0 saturated heterocycles. The third-order valence-electron chi connectivity index (χ3n) is 2.60. The fourth-order valence-corrected chi connectivity index (χ4v) is 1.58. The van der Waals surface area contributed by atoms with Crippen molar-refractivity contribution in [2.45, 2.75) is 32.9 Å². The zero-order valence-corrected chi connectivity index (χ0v) is 11.8. The van der Waals surface area contributed by atoms with Crippen LogP contribution in [0.5, 0.6) is 0 Å². The van der Waals surface area contributed by atoms with Crippen LogP contribution in [0.1, 0.15) is 25.0 Å². The highest BCUT2D eigenvalue weighted by Crippen LogP contribution is 2.15. The first-order valence-corrected chi connectivity index (χ1v) is 6.08. The summed E-state index contributed by atoms with van der Waals surface area (Å²) in [5.41, 5.74) is 7.84. The molecule has 18 heavy (non-hydrogen) atoms. The summed E-state index contributed by atoms with van der Waals surface area (Å²) in [7, 11) is 1.00.